The molecule has 2 aromatic carbocycles. The van der Waals surface area contributed by atoms with Gasteiger partial charge in [0, 0.05) is 0 Å². The van der Waals surface area contributed by atoms with E-state index in [1.54, 1.807) is 10.6 Å². The highest BCUT2D eigenvalue weighted by Gasteiger charge is 2.15. The molecule has 0 unspecified atom stereocenters. The van der Waals surface area contributed by atoms with E-state index in [2.05, 4.69) is 11.9 Å². The molecule has 24 heavy (non-hydrogen) atoms. The molecule has 0 radical (unpaired) electrons. The lowest BCUT2D eigenvalue weighted by molar-refractivity contribution is 0.308. The van der Waals surface area contributed by atoms with Crippen molar-refractivity contribution in [3.8, 4) is 11.4 Å². The number of aromatic nitrogens is 2. The fourth-order valence-corrected chi connectivity index (χ4v) is 2.79. The minimum Gasteiger partial charge on any atom is -0.491 e. The van der Waals surface area contributed by atoms with Gasteiger partial charge in [-0.2, -0.15) is 0 Å². The predicted molar refractivity (Wildman–Crippen MR) is 97.3 cm³/mol. The SMILES string of the molecule is CCCCOc1ccccc1-n1c(CCl)nc2ccccc2c1=O. The summed E-state index contributed by atoms with van der Waals surface area (Å²) in [4.78, 5) is 17.5. The van der Waals surface area contributed by atoms with Gasteiger partial charge >= 0.3 is 0 Å². The fraction of sp³-hybridized carbons (Fsp3) is 0.263. The Bertz CT molecular complexity index is 905. The van der Waals surface area contributed by atoms with Gasteiger partial charge in [-0.15, -0.1) is 11.6 Å². The Morgan fingerprint density at radius 1 is 1.12 bits per heavy atom. The Kier molecular flexibility index (Phi) is 5.16. The number of hydrogen-bond donors (Lipinski definition) is 0. The first-order valence-corrected chi connectivity index (χ1v) is 8.58. The predicted octanol–water partition coefficient (Wildman–Crippen LogP) is 4.30. The van der Waals surface area contributed by atoms with Crippen LogP contribution in [0.25, 0.3) is 16.6 Å². The summed E-state index contributed by atoms with van der Waals surface area (Å²) < 4.78 is 7.42. The van der Waals surface area contributed by atoms with Crippen molar-refractivity contribution < 1.29 is 4.74 Å². The van der Waals surface area contributed by atoms with Crippen LogP contribution < -0.4 is 10.3 Å². The fourth-order valence-electron chi connectivity index (χ4n) is 2.61. The number of unbranched alkanes of at least 4 members (excludes halogenated alkanes) is 1. The summed E-state index contributed by atoms with van der Waals surface area (Å²) in [5.74, 6) is 1.31. The highest BCUT2D eigenvalue weighted by Crippen LogP contribution is 2.24. The van der Waals surface area contributed by atoms with Crippen LogP contribution in [0.4, 0.5) is 0 Å². The zero-order valence-corrected chi connectivity index (χ0v) is 14.3. The Balaban J connectivity index is 2.19. The lowest BCUT2D eigenvalue weighted by Crippen LogP contribution is -2.24. The van der Waals surface area contributed by atoms with Crippen LogP contribution in [0.15, 0.2) is 53.3 Å². The van der Waals surface area contributed by atoms with E-state index in [-0.39, 0.29) is 11.4 Å². The van der Waals surface area contributed by atoms with Crippen LogP contribution in [0, 0.1) is 0 Å². The maximum Gasteiger partial charge on any atom is 0.266 e. The van der Waals surface area contributed by atoms with E-state index in [1.165, 1.54) is 0 Å². The van der Waals surface area contributed by atoms with Crippen LogP contribution in [-0.2, 0) is 5.88 Å². The van der Waals surface area contributed by atoms with E-state index < -0.39 is 0 Å². The highest BCUT2D eigenvalue weighted by atomic mass is 35.5. The van der Waals surface area contributed by atoms with Crippen LogP contribution in [0.5, 0.6) is 5.75 Å². The molecule has 0 saturated carbocycles. The molecule has 0 N–H and O–H groups in total. The van der Waals surface area contributed by atoms with Crippen molar-refractivity contribution >= 4 is 22.5 Å². The summed E-state index contributed by atoms with van der Waals surface area (Å²) in [6.45, 7) is 2.72. The molecule has 3 rings (SSSR count). The average molecular weight is 343 g/mol. The molecule has 1 heterocycles. The molecule has 3 aromatic rings. The van der Waals surface area contributed by atoms with Crippen molar-refractivity contribution in [2.75, 3.05) is 6.61 Å². The molecule has 0 bridgehead atoms. The molecule has 4 nitrogen and oxygen atoms in total. The van der Waals surface area contributed by atoms with Gasteiger partial charge in [0.1, 0.15) is 11.6 Å². The average Bonchev–Trinajstić information content (AvgIpc) is 2.62. The summed E-state index contributed by atoms with van der Waals surface area (Å²) in [6, 6.07) is 14.8. The van der Waals surface area contributed by atoms with Gasteiger partial charge in [-0.3, -0.25) is 9.36 Å². The molecule has 0 aliphatic heterocycles. The van der Waals surface area contributed by atoms with Crippen molar-refractivity contribution in [3.63, 3.8) is 0 Å². The molecule has 0 amide bonds. The Morgan fingerprint density at radius 3 is 2.67 bits per heavy atom. The van der Waals surface area contributed by atoms with E-state index in [0.29, 0.717) is 34.8 Å². The summed E-state index contributed by atoms with van der Waals surface area (Å²) >= 11 is 6.07. The van der Waals surface area contributed by atoms with E-state index in [1.807, 2.05) is 42.5 Å². The standard InChI is InChI=1S/C19H19ClN2O2/c1-2-3-12-24-17-11-7-6-10-16(17)22-18(13-20)21-15-9-5-4-8-14(15)19(22)23/h4-11H,2-3,12-13H2,1H3. The van der Waals surface area contributed by atoms with Gasteiger partial charge in [-0.1, -0.05) is 37.6 Å². The second-order valence-electron chi connectivity index (χ2n) is 5.49. The Hall–Kier alpha value is -2.33. The van der Waals surface area contributed by atoms with Crippen molar-refractivity contribution in [1.29, 1.82) is 0 Å². The van der Waals surface area contributed by atoms with E-state index >= 15 is 0 Å². The zero-order chi connectivity index (χ0) is 16.9. The Morgan fingerprint density at radius 2 is 1.88 bits per heavy atom. The number of benzene rings is 2. The second kappa shape index (κ2) is 7.49. The summed E-state index contributed by atoms with van der Waals surface area (Å²) in [5.41, 5.74) is 1.19. The quantitative estimate of drug-likeness (QED) is 0.495. The summed E-state index contributed by atoms with van der Waals surface area (Å²) in [5, 5.41) is 0.565. The van der Waals surface area contributed by atoms with Crippen molar-refractivity contribution in [2.45, 2.75) is 25.6 Å². The molecule has 0 spiro atoms. The molecule has 0 fully saturated rings. The second-order valence-corrected chi connectivity index (χ2v) is 5.76. The first-order chi connectivity index (χ1) is 11.8. The van der Waals surface area contributed by atoms with E-state index in [9.17, 15) is 4.79 Å². The third-order valence-electron chi connectivity index (χ3n) is 3.83. The molecule has 0 saturated heterocycles. The number of alkyl halides is 1. The van der Waals surface area contributed by atoms with Crippen LogP contribution in [0.2, 0.25) is 0 Å². The van der Waals surface area contributed by atoms with Gasteiger partial charge in [-0.05, 0) is 30.7 Å². The van der Waals surface area contributed by atoms with Crippen LogP contribution >= 0.6 is 11.6 Å². The third kappa shape index (κ3) is 3.15. The van der Waals surface area contributed by atoms with Crippen LogP contribution in [0.3, 0.4) is 0 Å². The zero-order valence-electron chi connectivity index (χ0n) is 13.5. The van der Waals surface area contributed by atoms with Gasteiger partial charge in [0.15, 0.2) is 0 Å². The lowest BCUT2D eigenvalue weighted by atomic mass is 10.2. The maximum atomic E-state index is 13.0. The summed E-state index contributed by atoms with van der Waals surface area (Å²) in [6.07, 6.45) is 2.01. The number of hydrogen-bond acceptors (Lipinski definition) is 3. The number of fused-ring (bicyclic) bond motifs is 1. The molecular formula is C19H19ClN2O2. The first-order valence-electron chi connectivity index (χ1n) is 8.05. The molecule has 0 atom stereocenters. The molecule has 124 valence electrons. The monoisotopic (exact) mass is 342 g/mol. The van der Waals surface area contributed by atoms with Gasteiger partial charge < -0.3 is 4.74 Å². The van der Waals surface area contributed by atoms with Crippen LogP contribution in [-0.4, -0.2) is 16.2 Å². The smallest absolute Gasteiger partial charge is 0.266 e. The minimum absolute atomic E-state index is 0.136. The largest absolute Gasteiger partial charge is 0.491 e. The topological polar surface area (TPSA) is 44.1 Å². The van der Waals surface area contributed by atoms with Gasteiger partial charge in [0.2, 0.25) is 0 Å². The van der Waals surface area contributed by atoms with E-state index in [0.717, 1.165) is 12.8 Å². The van der Waals surface area contributed by atoms with Crippen molar-refractivity contribution in [2.24, 2.45) is 0 Å². The third-order valence-corrected chi connectivity index (χ3v) is 4.07. The van der Waals surface area contributed by atoms with Gasteiger partial charge in [-0.25, -0.2) is 4.98 Å². The summed E-state index contributed by atoms with van der Waals surface area (Å²) in [7, 11) is 0. The Labute approximate surface area is 145 Å². The minimum atomic E-state index is -0.136. The number of nitrogens with zero attached hydrogens (tertiary/aromatic N) is 2. The number of halogens is 1. The lowest BCUT2D eigenvalue weighted by Gasteiger charge is -2.16. The van der Waals surface area contributed by atoms with E-state index in [4.69, 9.17) is 16.3 Å². The number of para-hydroxylation sites is 3. The highest BCUT2D eigenvalue weighted by molar-refractivity contribution is 6.16. The molecule has 1 aromatic heterocycles. The number of rotatable bonds is 6. The normalized spacial score (nSPS) is 10.9. The number of ether oxygens (including phenoxy) is 1. The van der Waals surface area contributed by atoms with Gasteiger partial charge in [0.05, 0.1) is 29.1 Å². The molecule has 0 aliphatic rings. The van der Waals surface area contributed by atoms with Crippen molar-refractivity contribution in [1.82, 2.24) is 9.55 Å². The first kappa shape index (κ1) is 16.5. The molecular weight excluding hydrogens is 324 g/mol. The maximum absolute atomic E-state index is 13.0. The van der Waals surface area contributed by atoms with Crippen LogP contribution in [0.1, 0.15) is 25.6 Å². The van der Waals surface area contributed by atoms with Crippen molar-refractivity contribution in [3.05, 3.63) is 64.7 Å². The molecule has 0 aliphatic carbocycles. The molecule has 5 heteroatoms. The van der Waals surface area contributed by atoms with Gasteiger partial charge in [0.25, 0.3) is 5.56 Å².